The zero-order chi connectivity index (χ0) is 13.2. The standard InChI is InChI=1S/C16H34N2/c1-4-10-17-11-7-5-6-8-12-18-13-9-15(2)14-16(18)3/h15-17H,4-14H2,1-3H3. The molecule has 108 valence electrons. The minimum absolute atomic E-state index is 0.819. The van der Waals surface area contributed by atoms with E-state index in [4.69, 9.17) is 0 Å². The molecule has 0 saturated carbocycles. The molecular weight excluding hydrogens is 220 g/mol. The van der Waals surface area contributed by atoms with Gasteiger partial charge in [0.25, 0.3) is 0 Å². The van der Waals surface area contributed by atoms with Crippen LogP contribution in [0.2, 0.25) is 0 Å². The van der Waals surface area contributed by atoms with Crippen molar-refractivity contribution < 1.29 is 0 Å². The number of hydrogen-bond acceptors (Lipinski definition) is 2. The van der Waals surface area contributed by atoms with Crippen molar-refractivity contribution in [1.29, 1.82) is 0 Å². The second-order valence-corrected chi connectivity index (χ2v) is 6.18. The predicted octanol–water partition coefficient (Wildman–Crippen LogP) is 3.67. The van der Waals surface area contributed by atoms with Crippen molar-refractivity contribution in [1.82, 2.24) is 10.2 Å². The number of hydrogen-bond donors (Lipinski definition) is 1. The van der Waals surface area contributed by atoms with Crippen LogP contribution in [0, 0.1) is 5.92 Å². The normalized spacial score (nSPS) is 25.5. The molecule has 1 aliphatic heterocycles. The molecule has 0 spiro atoms. The Balaban J connectivity index is 1.91. The summed E-state index contributed by atoms with van der Waals surface area (Å²) in [6.45, 7) is 12.1. The largest absolute Gasteiger partial charge is 0.317 e. The van der Waals surface area contributed by atoms with Crippen molar-refractivity contribution in [2.45, 2.75) is 71.8 Å². The van der Waals surface area contributed by atoms with Gasteiger partial charge in [-0.05, 0) is 71.1 Å². The first-order valence-corrected chi connectivity index (χ1v) is 8.18. The summed E-state index contributed by atoms with van der Waals surface area (Å²) in [4.78, 5) is 2.70. The molecule has 0 aromatic heterocycles. The maximum atomic E-state index is 3.48. The van der Waals surface area contributed by atoms with E-state index in [2.05, 4.69) is 31.0 Å². The SMILES string of the molecule is CCCNCCCCCCN1CCC(C)CC1C. The summed E-state index contributed by atoms with van der Waals surface area (Å²) in [5, 5.41) is 3.48. The summed E-state index contributed by atoms with van der Waals surface area (Å²) in [6.07, 6.45) is 9.62. The summed E-state index contributed by atoms with van der Waals surface area (Å²) in [5.41, 5.74) is 0. The molecule has 1 heterocycles. The van der Waals surface area contributed by atoms with Crippen LogP contribution in [0.3, 0.4) is 0 Å². The highest BCUT2D eigenvalue weighted by molar-refractivity contribution is 4.76. The fourth-order valence-corrected chi connectivity index (χ4v) is 3.01. The third kappa shape index (κ3) is 6.75. The van der Waals surface area contributed by atoms with Gasteiger partial charge in [0.15, 0.2) is 0 Å². The fraction of sp³-hybridized carbons (Fsp3) is 1.00. The molecule has 1 fully saturated rings. The summed E-state index contributed by atoms with van der Waals surface area (Å²) >= 11 is 0. The third-order valence-electron chi connectivity index (χ3n) is 4.25. The summed E-state index contributed by atoms with van der Waals surface area (Å²) in [5.74, 6) is 0.945. The lowest BCUT2D eigenvalue weighted by Crippen LogP contribution is -2.40. The lowest BCUT2D eigenvalue weighted by molar-refractivity contribution is 0.127. The molecule has 2 heteroatoms. The van der Waals surface area contributed by atoms with Crippen LogP contribution in [0.1, 0.15) is 65.7 Å². The van der Waals surface area contributed by atoms with Crippen molar-refractivity contribution >= 4 is 0 Å². The Morgan fingerprint density at radius 3 is 2.56 bits per heavy atom. The van der Waals surface area contributed by atoms with E-state index in [9.17, 15) is 0 Å². The van der Waals surface area contributed by atoms with E-state index in [1.165, 1.54) is 71.1 Å². The van der Waals surface area contributed by atoms with Crippen LogP contribution in [0.15, 0.2) is 0 Å². The minimum Gasteiger partial charge on any atom is -0.317 e. The van der Waals surface area contributed by atoms with Gasteiger partial charge in [0.05, 0.1) is 0 Å². The average Bonchev–Trinajstić information content (AvgIpc) is 2.35. The quantitative estimate of drug-likeness (QED) is 0.632. The molecule has 0 aliphatic carbocycles. The van der Waals surface area contributed by atoms with Crippen LogP contribution in [0.25, 0.3) is 0 Å². The third-order valence-corrected chi connectivity index (χ3v) is 4.25. The Morgan fingerprint density at radius 1 is 1.06 bits per heavy atom. The van der Waals surface area contributed by atoms with E-state index in [1.807, 2.05) is 0 Å². The average molecular weight is 254 g/mol. The van der Waals surface area contributed by atoms with Gasteiger partial charge in [-0.25, -0.2) is 0 Å². The number of rotatable bonds is 9. The highest BCUT2D eigenvalue weighted by atomic mass is 15.2. The van der Waals surface area contributed by atoms with E-state index in [0.717, 1.165) is 12.0 Å². The van der Waals surface area contributed by atoms with E-state index in [1.54, 1.807) is 0 Å². The highest BCUT2D eigenvalue weighted by Crippen LogP contribution is 2.22. The second kappa shape index (κ2) is 9.80. The molecule has 1 saturated heterocycles. The van der Waals surface area contributed by atoms with Crippen molar-refractivity contribution in [3.05, 3.63) is 0 Å². The number of likely N-dealkylation sites (tertiary alicyclic amines) is 1. The highest BCUT2D eigenvalue weighted by Gasteiger charge is 2.21. The molecule has 0 aromatic rings. The topological polar surface area (TPSA) is 15.3 Å². The smallest absolute Gasteiger partial charge is 0.00694 e. The van der Waals surface area contributed by atoms with Gasteiger partial charge in [-0.1, -0.05) is 26.7 Å². The van der Waals surface area contributed by atoms with Gasteiger partial charge in [0.2, 0.25) is 0 Å². The maximum Gasteiger partial charge on any atom is 0.00694 e. The monoisotopic (exact) mass is 254 g/mol. The number of nitrogens with zero attached hydrogens (tertiary/aromatic N) is 1. The molecule has 2 unspecified atom stereocenters. The van der Waals surface area contributed by atoms with Gasteiger partial charge in [0, 0.05) is 6.04 Å². The fourth-order valence-electron chi connectivity index (χ4n) is 3.01. The van der Waals surface area contributed by atoms with Crippen molar-refractivity contribution in [2.75, 3.05) is 26.2 Å². The van der Waals surface area contributed by atoms with E-state index in [0.29, 0.717) is 0 Å². The first-order valence-electron chi connectivity index (χ1n) is 8.18. The first-order chi connectivity index (χ1) is 8.74. The molecule has 2 atom stereocenters. The van der Waals surface area contributed by atoms with Crippen molar-refractivity contribution in [3.8, 4) is 0 Å². The van der Waals surface area contributed by atoms with Gasteiger partial charge in [-0.2, -0.15) is 0 Å². The van der Waals surface area contributed by atoms with Crippen LogP contribution >= 0.6 is 0 Å². The van der Waals surface area contributed by atoms with Gasteiger partial charge in [-0.3, -0.25) is 0 Å². The zero-order valence-corrected chi connectivity index (χ0v) is 12.9. The molecule has 2 nitrogen and oxygen atoms in total. The second-order valence-electron chi connectivity index (χ2n) is 6.18. The summed E-state index contributed by atoms with van der Waals surface area (Å²) in [6, 6.07) is 0.819. The van der Waals surface area contributed by atoms with E-state index < -0.39 is 0 Å². The van der Waals surface area contributed by atoms with Gasteiger partial charge in [-0.15, -0.1) is 0 Å². The first kappa shape index (κ1) is 16.0. The van der Waals surface area contributed by atoms with Crippen LogP contribution in [0.5, 0.6) is 0 Å². The molecule has 0 radical (unpaired) electrons. The molecule has 0 bridgehead atoms. The van der Waals surface area contributed by atoms with Crippen molar-refractivity contribution in [2.24, 2.45) is 5.92 Å². The zero-order valence-electron chi connectivity index (χ0n) is 12.9. The van der Waals surface area contributed by atoms with Crippen LogP contribution in [-0.2, 0) is 0 Å². The van der Waals surface area contributed by atoms with Gasteiger partial charge in [0.1, 0.15) is 0 Å². The van der Waals surface area contributed by atoms with E-state index in [-0.39, 0.29) is 0 Å². The predicted molar refractivity (Wildman–Crippen MR) is 81.1 cm³/mol. The Hall–Kier alpha value is -0.0800. The van der Waals surface area contributed by atoms with Crippen LogP contribution in [-0.4, -0.2) is 37.1 Å². The molecule has 0 amide bonds. The van der Waals surface area contributed by atoms with E-state index >= 15 is 0 Å². The lowest BCUT2D eigenvalue weighted by Gasteiger charge is -2.36. The van der Waals surface area contributed by atoms with Crippen LogP contribution < -0.4 is 5.32 Å². The molecule has 1 N–H and O–H groups in total. The van der Waals surface area contributed by atoms with Gasteiger partial charge < -0.3 is 10.2 Å². The maximum absolute atomic E-state index is 3.48. The van der Waals surface area contributed by atoms with Gasteiger partial charge >= 0.3 is 0 Å². The molecule has 1 aliphatic rings. The molecule has 0 aromatic carbocycles. The number of nitrogens with one attached hydrogen (secondary N) is 1. The molecular formula is C16H34N2. The number of unbranched alkanes of at least 4 members (excludes halogenated alkanes) is 3. The Morgan fingerprint density at radius 2 is 1.83 bits per heavy atom. The lowest BCUT2D eigenvalue weighted by atomic mass is 9.93. The Labute approximate surface area is 115 Å². The minimum atomic E-state index is 0.819. The Kier molecular flexibility index (Phi) is 8.70. The Bertz CT molecular complexity index is 194. The summed E-state index contributed by atoms with van der Waals surface area (Å²) in [7, 11) is 0. The number of piperidine rings is 1. The van der Waals surface area contributed by atoms with Crippen molar-refractivity contribution in [3.63, 3.8) is 0 Å². The molecule has 1 rings (SSSR count). The molecule has 18 heavy (non-hydrogen) atoms. The van der Waals surface area contributed by atoms with Crippen LogP contribution in [0.4, 0.5) is 0 Å². The summed E-state index contributed by atoms with van der Waals surface area (Å²) < 4.78 is 0.